The van der Waals surface area contributed by atoms with Crippen LogP contribution in [0.2, 0.25) is 0 Å². The van der Waals surface area contributed by atoms with E-state index in [1.165, 1.54) is 21.3 Å². The van der Waals surface area contributed by atoms with Gasteiger partial charge in [0.2, 0.25) is 5.75 Å². The molecule has 0 fully saturated rings. The summed E-state index contributed by atoms with van der Waals surface area (Å²) in [6.45, 7) is 0. The van der Waals surface area contributed by atoms with Crippen molar-refractivity contribution in [2.45, 2.75) is 0 Å². The van der Waals surface area contributed by atoms with E-state index in [-0.39, 0.29) is 17.0 Å². The smallest absolute Gasteiger partial charge is 0.203 e. The normalized spacial score (nSPS) is 10.3. The van der Waals surface area contributed by atoms with Gasteiger partial charge in [0.25, 0.3) is 0 Å². The highest BCUT2D eigenvalue weighted by Crippen LogP contribution is 2.45. The Hall–Kier alpha value is -2.50. The van der Waals surface area contributed by atoms with E-state index in [2.05, 4.69) is 0 Å². The van der Waals surface area contributed by atoms with Crippen molar-refractivity contribution in [2.24, 2.45) is 0 Å². The zero-order chi connectivity index (χ0) is 15.6. The number of ether oxygens (including phenoxy) is 3. The van der Waals surface area contributed by atoms with Crippen molar-refractivity contribution < 1.29 is 23.0 Å². The van der Waals surface area contributed by atoms with Crippen molar-refractivity contribution in [1.29, 1.82) is 0 Å². The molecule has 0 heterocycles. The van der Waals surface area contributed by atoms with E-state index in [0.29, 0.717) is 17.1 Å². The number of halogens is 2. The topological polar surface area (TPSA) is 53.7 Å². The molecule has 0 aliphatic carbocycles. The van der Waals surface area contributed by atoms with Crippen LogP contribution in [0.15, 0.2) is 24.3 Å². The summed E-state index contributed by atoms with van der Waals surface area (Å²) >= 11 is 0. The molecule has 4 nitrogen and oxygen atoms in total. The summed E-state index contributed by atoms with van der Waals surface area (Å²) < 4.78 is 43.3. The second-order valence-corrected chi connectivity index (χ2v) is 4.24. The van der Waals surface area contributed by atoms with Gasteiger partial charge in [0.15, 0.2) is 11.5 Å². The van der Waals surface area contributed by atoms with E-state index < -0.39 is 11.6 Å². The summed E-state index contributed by atoms with van der Waals surface area (Å²) in [5, 5.41) is 0. The van der Waals surface area contributed by atoms with Crippen LogP contribution in [0.5, 0.6) is 17.2 Å². The first-order valence-corrected chi connectivity index (χ1v) is 6.07. The summed E-state index contributed by atoms with van der Waals surface area (Å²) in [7, 11) is 4.32. The van der Waals surface area contributed by atoms with Gasteiger partial charge in [0, 0.05) is 17.2 Å². The monoisotopic (exact) mass is 295 g/mol. The Balaban J connectivity index is 2.72. The van der Waals surface area contributed by atoms with Crippen LogP contribution < -0.4 is 19.9 Å². The van der Waals surface area contributed by atoms with Crippen LogP contribution in [0.3, 0.4) is 0 Å². The summed E-state index contributed by atoms with van der Waals surface area (Å²) in [5.74, 6) is -0.383. The quantitative estimate of drug-likeness (QED) is 0.880. The second-order valence-electron chi connectivity index (χ2n) is 4.24. The predicted octanol–water partition coefficient (Wildman–Crippen LogP) is 3.24. The summed E-state index contributed by atoms with van der Waals surface area (Å²) in [5.41, 5.74) is 5.46. The molecule has 21 heavy (non-hydrogen) atoms. The van der Waals surface area contributed by atoms with Crippen LogP contribution >= 0.6 is 0 Å². The summed E-state index contributed by atoms with van der Waals surface area (Å²) in [6.07, 6.45) is 0. The van der Waals surface area contributed by atoms with E-state index in [9.17, 15) is 8.78 Å². The fourth-order valence-electron chi connectivity index (χ4n) is 2.08. The molecular formula is C15H15F2NO3. The molecular weight excluding hydrogens is 280 g/mol. The molecule has 0 spiro atoms. The summed E-state index contributed by atoms with van der Waals surface area (Å²) in [6, 6.07) is 5.11. The highest BCUT2D eigenvalue weighted by Gasteiger charge is 2.20. The van der Waals surface area contributed by atoms with Crippen molar-refractivity contribution in [3.63, 3.8) is 0 Å². The Kier molecular flexibility index (Phi) is 4.16. The molecule has 2 aromatic carbocycles. The molecule has 6 heteroatoms. The third kappa shape index (κ3) is 2.56. The predicted molar refractivity (Wildman–Crippen MR) is 75.9 cm³/mol. The van der Waals surface area contributed by atoms with Gasteiger partial charge in [-0.25, -0.2) is 8.78 Å². The minimum absolute atomic E-state index is 0.0273. The van der Waals surface area contributed by atoms with Crippen LogP contribution in [0.4, 0.5) is 14.5 Å². The first-order valence-electron chi connectivity index (χ1n) is 6.07. The zero-order valence-electron chi connectivity index (χ0n) is 11.9. The first-order chi connectivity index (χ1) is 10.0. The van der Waals surface area contributed by atoms with Crippen molar-refractivity contribution >= 4 is 5.69 Å². The van der Waals surface area contributed by atoms with Gasteiger partial charge in [0.1, 0.15) is 11.6 Å². The molecule has 0 unspecified atom stereocenters. The van der Waals surface area contributed by atoms with Crippen LogP contribution in [-0.2, 0) is 0 Å². The molecule has 2 N–H and O–H groups in total. The summed E-state index contributed by atoms with van der Waals surface area (Å²) in [4.78, 5) is 0. The number of benzene rings is 2. The maximum absolute atomic E-state index is 14.1. The standard InChI is InChI=1S/C15H15F2NO3/c1-19-13-5-4-8(14(20-2)15(13)21-3)9-6-11(17)12(18)7-10(9)16/h4-7H,18H2,1-3H3. The van der Waals surface area contributed by atoms with E-state index in [1.807, 2.05) is 0 Å². The lowest BCUT2D eigenvalue weighted by atomic mass is 10.0. The molecule has 0 saturated heterocycles. The highest BCUT2D eigenvalue weighted by atomic mass is 19.1. The number of anilines is 1. The van der Waals surface area contributed by atoms with Gasteiger partial charge in [-0.05, 0) is 18.2 Å². The largest absolute Gasteiger partial charge is 0.493 e. The Morgan fingerprint density at radius 3 is 2.05 bits per heavy atom. The molecule has 2 rings (SSSR count). The Morgan fingerprint density at radius 2 is 1.48 bits per heavy atom. The maximum atomic E-state index is 14.1. The van der Waals surface area contributed by atoms with Crippen LogP contribution in [0, 0.1) is 11.6 Å². The minimum Gasteiger partial charge on any atom is -0.493 e. The highest BCUT2D eigenvalue weighted by molar-refractivity contribution is 5.77. The van der Waals surface area contributed by atoms with E-state index in [4.69, 9.17) is 19.9 Å². The molecule has 112 valence electrons. The van der Waals surface area contributed by atoms with Crippen molar-refractivity contribution in [2.75, 3.05) is 27.1 Å². The second kappa shape index (κ2) is 5.87. The lowest BCUT2D eigenvalue weighted by molar-refractivity contribution is 0.325. The number of rotatable bonds is 4. The molecule has 0 atom stereocenters. The van der Waals surface area contributed by atoms with Crippen molar-refractivity contribution in [3.05, 3.63) is 35.9 Å². The van der Waals surface area contributed by atoms with Crippen LogP contribution in [0.25, 0.3) is 11.1 Å². The molecule has 0 aliphatic heterocycles. The molecule has 0 saturated carbocycles. The molecule has 0 amide bonds. The zero-order valence-corrected chi connectivity index (χ0v) is 11.9. The van der Waals surface area contributed by atoms with Gasteiger partial charge in [-0.3, -0.25) is 0 Å². The van der Waals surface area contributed by atoms with Gasteiger partial charge >= 0.3 is 0 Å². The van der Waals surface area contributed by atoms with E-state index in [0.717, 1.165) is 12.1 Å². The van der Waals surface area contributed by atoms with Crippen molar-refractivity contribution in [3.8, 4) is 28.4 Å². The molecule has 2 aromatic rings. The third-order valence-electron chi connectivity index (χ3n) is 3.08. The Morgan fingerprint density at radius 1 is 0.810 bits per heavy atom. The van der Waals surface area contributed by atoms with Gasteiger partial charge in [-0.1, -0.05) is 0 Å². The van der Waals surface area contributed by atoms with Gasteiger partial charge in [0.05, 0.1) is 27.0 Å². The van der Waals surface area contributed by atoms with E-state index in [1.54, 1.807) is 12.1 Å². The fraction of sp³-hybridized carbons (Fsp3) is 0.200. The maximum Gasteiger partial charge on any atom is 0.203 e. The van der Waals surface area contributed by atoms with E-state index >= 15 is 0 Å². The number of hydrogen-bond acceptors (Lipinski definition) is 4. The minimum atomic E-state index is -0.705. The molecule has 0 bridgehead atoms. The Bertz CT molecular complexity index is 674. The van der Waals surface area contributed by atoms with Gasteiger partial charge < -0.3 is 19.9 Å². The molecule has 0 aliphatic rings. The lowest BCUT2D eigenvalue weighted by Crippen LogP contribution is -1.99. The number of methoxy groups -OCH3 is 3. The number of hydrogen-bond donors (Lipinski definition) is 1. The van der Waals surface area contributed by atoms with Crippen LogP contribution in [0.1, 0.15) is 0 Å². The van der Waals surface area contributed by atoms with Crippen molar-refractivity contribution in [1.82, 2.24) is 0 Å². The van der Waals surface area contributed by atoms with Crippen LogP contribution in [-0.4, -0.2) is 21.3 Å². The van der Waals surface area contributed by atoms with Gasteiger partial charge in [-0.2, -0.15) is 0 Å². The fourth-order valence-corrected chi connectivity index (χ4v) is 2.08. The third-order valence-corrected chi connectivity index (χ3v) is 3.08. The number of nitrogen functional groups attached to an aromatic ring is 1. The molecule has 0 radical (unpaired) electrons. The van der Waals surface area contributed by atoms with Gasteiger partial charge in [-0.15, -0.1) is 0 Å². The molecule has 0 aromatic heterocycles. The average Bonchev–Trinajstić information content (AvgIpc) is 2.49. The average molecular weight is 295 g/mol. The Labute approximate surface area is 121 Å². The number of nitrogens with two attached hydrogens (primary N) is 1. The first kappa shape index (κ1) is 14.9. The SMILES string of the molecule is COc1ccc(-c2cc(F)c(N)cc2F)c(OC)c1OC. The lowest BCUT2D eigenvalue weighted by Gasteiger charge is -2.16.